The Bertz CT molecular complexity index is 3310. The van der Waals surface area contributed by atoms with Crippen molar-refractivity contribution in [3.05, 3.63) is 176 Å². The summed E-state index contributed by atoms with van der Waals surface area (Å²) in [6.07, 6.45) is 0. The Morgan fingerprint density at radius 2 is 1.02 bits per heavy atom. The highest BCUT2D eigenvalue weighted by molar-refractivity contribution is 6.26. The Labute approximate surface area is 302 Å². The van der Waals surface area contributed by atoms with Crippen molar-refractivity contribution in [1.82, 2.24) is 24.1 Å². The van der Waals surface area contributed by atoms with E-state index >= 15 is 0 Å². The van der Waals surface area contributed by atoms with E-state index in [1.807, 2.05) is 77.4 Å². The zero-order valence-corrected chi connectivity index (χ0v) is 26.2. The number of hydrogen-bond donors (Lipinski definition) is 0. The van der Waals surface area contributed by atoms with E-state index in [4.69, 9.17) is 23.7 Å². The van der Waals surface area contributed by atoms with Crippen molar-refractivity contribution in [3.8, 4) is 45.5 Å². The van der Waals surface area contributed by atoms with Crippen LogP contribution in [0.15, 0.2) is 176 Å². The van der Waals surface area contributed by atoms with Gasteiger partial charge in [-0.25, -0.2) is 4.98 Å². The fourth-order valence-corrected chi connectivity index (χ4v) is 6.86. The summed E-state index contributed by atoms with van der Waals surface area (Å²) in [6, 6.07) is 32.3. The molecule has 0 atom stereocenters. The van der Waals surface area contributed by atoms with Crippen molar-refractivity contribution in [3.63, 3.8) is 0 Å². The van der Waals surface area contributed by atoms with Gasteiger partial charge in [-0.05, 0) is 41.5 Å². The van der Waals surface area contributed by atoms with Crippen LogP contribution >= 0.6 is 0 Å². The van der Waals surface area contributed by atoms with Gasteiger partial charge in [0.15, 0.2) is 11.6 Å². The third kappa shape index (κ3) is 4.45. The quantitative estimate of drug-likeness (QED) is 0.186. The van der Waals surface area contributed by atoms with Crippen molar-refractivity contribution >= 4 is 43.6 Å². The van der Waals surface area contributed by atoms with Gasteiger partial charge in [-0.3, -0.25) is 4.57 Å². The van der Waals surface area contributed by atoms with Gasteiger partial charge in [0.2, 0.25) is 5.95 Å². The molecule has 0 aliphatic heterocycles. The number of fused-ring (bicyclic) bond motifs is 7. The molecule has 0 saturated carbocycles. The minimum atomic E-state index is -0.611. The van der Waals surface area contributed by atoms with Crippen molar-refractivity contribution in [2.75, 3.05) is 0 Å². The minimum absolute atomic E-state index is 0.0600. The maximum absolute atomic E-state index is 8.85. The van der Waals surface area contributed by atoms with Crippen LogP contribution in [0.25, 0.3) is 89.2 Å². The predicted octanol–water partition coefficient (Wildman–Crippen LogP) is 11.1. The largest absolute Gasteiger partial charge is 0.309 e. The van der Waals surface area contributed by atoms with E-state index in [-0.39, 0.29) is 28.7 Å². The molecular weight excluding hydrogens is 611 g/mol. The van der Waals surface area contributed by atoms with Crippen LogP contribution in [0.2, 0.25) is 0 Å². The van der Waals surface area contributed by atoms with Gasteiger partial charge in [-0.2, -0.15) is 9.97 Å². The van der Waals surface area contributed by atoms with Gasteiger partial charge in [0.25, 0.3) is 0 Å². The first-order valence-corrected chi connectivity index (χ1v) is 16.0. The zero-order valence-electron chi connectivity index (χ0n) is 36.2. The maximum atomic E-state index is 8.85. The zero-order chi connectivity index (χ0) is 41.7. The van der Waals surface area contributed by atoms with Crippen LogP contribution in [0, 0.1) is 0 Å². The normalized spacial score (nSPS) is 14.4. The number of nitrogens with zero attached hydrogens (tertiary/aromatic N) is 5. The molecule has 0 aliphatic carbocycles. The molecule has 3 heterocycles. The van der Waals surface area contributed by atoms with Gasteiger partial charge in [-0.15, -0.1) is 0 Å². The third-order valence-corrected chi connectivity index (χ3v) is 8.95. The van der Waals surface area contributed by atoms with Gasteiger partial charge < -0.3 is 4.57 Å². The van der Waals surface area contributed by atoms with Gasteiger partial charge in [0, 0.05) is 38.4 Å². The second-order valence-electron chi connectivity index (χ2n) is 11.8. The number of hydrogen-bond acceptors (Lipinski definition) is 3. The first-order chi connectivity index (χ1) is 29.0. The highest BCUT2D eigenvalue weighted by Crippen LogP contribution is 2.42. The van der Waals surface area contributed by atoms with Crippen molar-refractivity contribution in [2.24, 2.45) is 0 Å². The van der Waals surface area contributed by atoms with E-state index in [0.717, 1.165) is 49.4 Å². The van der Waals surface area contributed by atoms with Crippen LogP contribution in [0.3, 0.4) is 0 Å². The van der Waals surface area contributed by atoms with E-state index in [0.29, 0.717) is 11.0 Å². The predicted molar refractivity (Wildman–Crippen MR) is 205 cm³/mol. The highest BCUT2D eigenvalue weighted by Gasteiger charge is 2.23. The number of aromatic nitrogens is 5. The molecule has 0 saturated heterocycles. The van der Waals surface area contributed by atoms with Crippen molar-refractivity contribution < 1.29 is 13.7 Å². The summed E-state index contributed by atoms with van der Waals surface area (Å²) in [5.74, 6) is -0.732. The SMILES string of the molecule is [2H]c1c([2H])c([2H])c(-c2nc(-c3c([2H])c([2H])c([2H])c([2H])c3[2H])nc(-n3c4ccccc4c4ccc5c(c6ccccc6n5-c5cccc(-c6ccccc6)c5)c43)n2)c([2H])c1[2H]. The summed E-state index contributed by atoms with van der Waals surface area (Å²) >= 11 is 0. The van der Waals surface area contributed by atoms with Crippen LogP contribution in [-0.4, -0.2) is 24.1 Å². The Morgan fingerprint density at radius 3 is 1.72 bits per heavy atom. The summed E-state index contributed by atoms with van der Waals surface area (Å²) in [7, 11) is 0. The lowest BCUT2D eigenvalue weighted by Gasteiger charge is -2.12. The molecule has 50 heavy (non-hydrogen) atoms. The average molecular weight is 650 g/mol. The lowest BCUT2D eigenvalue weighted by atomic mass is 10.1. The first-order valence-electron chi connectivity index (χ1n) is 21.0. The second-order valence-corrected chi connectivity index (χ2v) is 11.8. The van der Waals surface area contributed by atoms with Crippen LogP contribution in [0.4, 0.5) is 0 Å². The fourth-order valence-electron chi connectivity index (χ4n) is 6.86. The Kier molecular flexibility index (Phi) is 4.52. The van der Waals surface area contributed by atoms with Gasteiger partial charge in [-0.1, -0.05) is 145 Å². The number of para-hydroxylation sites is 2. The van der Waals surface area contributed by atoms with Crippen LogP contribution in [0.5, 0.6) is 0 Å². The molecule has 0 unspecified atom stereocenters. The fraction of sp³-hybridized carbons (Fsp3) is 0. The molecule has 0 spiro atoms. The summed E-state index contributed by atoms with van der Waals surface area (Å²) in [4.78, 5) is 14.2. The highest BCUT2D eigenvalue weighted by atomic mass is 15.2. The molecule has 0 amide bonds. The van der Waals surface area contributed by atoms with E-state index in [2.05, 4.69) is 52.0 Å². The number of rotatable bonds is 5. The molecule has 0 radical (unpaired) electrons. The average Bonchev–Trinajstić information content (AvgIpc) is 3.80. The molecule has 10 rings (SSSR count). The molecule has 0 fully saturated rings. The van der Waals surface area contributed by atoms with Gasteiger partial charge >= 0.3 is 0 Å². The molecule has 10 aromatic rings. The molecule has 0 N–H and O–H groups in total. The topological polar surface area (TPSA) is 48.5 Å². The maximum Gasteiger partial charge on any atom is 0.238 e. The second kappa shape index (κ2) is 11.4. The summed E-state index contributed by atoms with van der Waals surface area (Å²) < 4.78 is 89.6. The lowest BCUT2D eigenvalue weighted by molar-refractivity contribution is 0.955. The van der Waals surface area contributed by atoms with Crippen LogP contribution in [-0.2, 0) is 0 Å². The first kappa shape index (κ1) is 19.8. The molecule has 234 valence electrons. The van der Waals surface area contributed by atoms with Crippen molar-refractivity contribution in [2.45, 2.75) is 0 Å². The van der Waals surface area contributed by atoms with E-state index in [1.54, 1.807) is 0 Å². The molecule has 0 bridgehead atoms. The Balaban J connectivity index is 1.36. The van der Waals surface area contributed by atoms with Gasteiger partial charge in [0.1, 0.15) is 0 Å². The van der Waals surface area contributed by atoms with E-state index in [9.17, 15) is 0 Å². The monoisotopic (exact) mass is 649 g/mol. The van der Waals surface area contributed by atoms with Crippen LogP contribution < -0.4 is 0 Å². The standard InChI is InChI=1S/C45H29N5/c1-4-15-30(16-5-1)33-21-14-22-34(29-33)49-39-26-13-11-24-37(39)41-40(49)28-27-36-35-23-10-12-25-38(35)50(42(36)41)45-47-43(31-17-6-2-7-18-31)46-44(48-45)32-19-8-3-9-20-32/h1-29H/i2D,3D,6D,7D,8D,9D,17D,18D,19D,20D. The van der Waals surface area contributed by atoms with Crippen LogP contribution in [0.1, 0.15) is 13.7 Å². The van der Waals surface area contributed by atoms with Crippen molar-refractivity contribution in [1.29, 1.82) is 0 Å². The van der Waals surface area contributed by atoms with E-state index in [1.165, 1.54) is 0 Å². The molecule has 5 heteroatoms. The number of benzene rings is 7. The molecule has 3 aromatic heterocycles. The lowest BCUT2D eigenvalue weighted by Crippen LogP contribution is -2.06. The molecule has 5 nitrogen and oxygen atoms in total. The Hall–Kier alpha value is -6.85. The summed E-state index contributed by atoms with van der Waals surface area (Å²) in [5, 5.41) is 3.44. The third-order valence-electron chi connectivity index (χ3n) is 8.95. The smallest absolute Gasteiger partial charge is 0.238 e. The molecular formula is C45H29N5. The molecule has 0 aliphatic rings. The molecule has 7 aromatic carbocycles. The van der Waals surface area contributed by atoms with Gasteiger partial charge in [0.05, 0.1) is 35.8 Å². The van der Waals surface area contributed by atoms with E-state index < -0.39 is 60.4 Å². The summed E-state index contributed by atoms with van der Waals surface area (Å²) in [5.41, 5.74) is 5.51. The summed E-state index contributed by atoms with van der Waals surface area (Å²) in [6.45, 7) is 0. The minimum Gasteiger partial charge on any atom is -0.309 e. The Morgan fingerprint density at radius 1 is 0.420 bits per heavy atom.